The summed E-state index contributed by atoms with van der Waals surface area (Å²) in [7, 11) is 0. The van der Waals surface area contributed by atoms with Crippen molar-refractivity contribution in [2.75, 3.05) is 0 Å². The summed E-state index contributed by atoms with van der Waals surface area (Å²) >= 11 is -2.44. The summed E-state index contributed by atoms with van der Waals surface area (Å²) in [6.07, 6.45) is 0. The van der Waals surface area contributed by atoms with E-state index in [0.717, 1.165) is 0 Å². The molecule has 6 nitrogen and oxygen atoms in total. The molecule has 0 aromatic carbocycles. The van der Waals surface area contributed by atoms with Gasteiger partial charge in [0.15, 0.2) is 0 Å². The third kappa shape index (κ3) is 371. The maximum absolute atomic E-state index is 8.45. The van der Waals surface area contributed by atoms with Gasteiger partial charge >= 0.3 is 86.2 Å². The van der Waals surface area contributed by atoms with Gasteiger partial charge in [-0.3, -0.25) is 0 Å². The molecular formula is H3Co3FeO6. The molecule has 0 amide bonds. The third-order valence-electron chi connectivity index (χ3n) is 0. The van der Waals surface area contributed by atoms with Crippen molar-refractivity contribution in [3.63, 3.8) is 0 Å². The molecule has 0 aliphatic heterocycles. The van der Waals surface area contributed by atoms with E-state index in [-0.39, 0.29) is 17.1 Å². The zero-order chi connectivity index (χ0) is 8.12. The first-order valence-electron chi connectivity index (χ1n) is 0.855. The molecule has 0 aromatic rings. The van der Waals surface area contributed by atoms with Crippen molar-refractivity contribution in [2.45, 2.75) is 0 Å². The van der Waals surface area contributed by atoms with Crippen LogP contribution < -0.4 is 0 Å². The fraction of sp³-hybridized carbons (Fsp3) is 0. The second kappa shape index (κ2) is 48.0. The zero-order valence-corrected chi connectivity index (χ0v) is 8.15. The zero-order valence-electron chi connectivity index (χ0n) is 3.92. The van der Waals surface area contributed by atoms with Crippen molar-refractivity contribution in [3.05, 3.63) is 0 Å². The van der Waals surface area contributed by atoms with Gasteiger partial charge in [0, 0.05) is 0 Å². The van der Waals surface area contributed by atoms with E-state index in [1.54, 1.807) is 0 Å². The van der Waals surface area contributed by atoms with E-state index in [0.29, 0.717) is 0 Å². The summed E-state index contributed by atoms with van der Waals surface area (Å²) < 4.78 is 46.3. The van der Waals surface area contributed by atoms with E-state index in [9.17, 15) is 0 Å². The van der Waals surface area contributed by atoms with Crippen molar-refractivity contribution in [1.29, 1.82) is 0 Å². The second-order valence-corrected chi connectivity index (χ2v) is 0.753. The van der Waals surface area contributed by atoms with Gasteiger partial charge in [-0.05, 0) is 0 Å². The molecule has 0 aliphatic carbocycles. The van der Waals surface area contributed by atoms with E-state index in [1.807, 2.05) is 0 Å². The first-order valence-corrected chi connectivity index (χ1v) is 3.53. The van der Waals surface area contributed by atoms with Gasteiger partial charge in [-0.25, -0.2) is 0 Å². The Morgan fingerprint density at radius 3 is 0.700 bits per heavy atom. The fourth-order valence-corrected chi connectivity index (χ4v) is 0. The van der Waals surface area contributed by atoms with Gasteiger partial charge in [-0.2, -0.15) is 0 Å². The van der Waals surface area contributed by atoms with Crippen molar-refractivity contribution in [2.24, 2.45) is 0 Å². The van der Waals surface area contributed by atoms with E-state index >= 15 is 0 Å². The summed E-state index contributed by atoms with van der Waals surface area (Å²) in [6, 6.07) is 0. The molecule has 0 aliphatic rings. The van der Waals surface area contributed by atoms with Crippen LogP contribution in [-0.2, 0) is 73.5 Å². The predicted molar refractivity (Wildman–Crippen MR) is 8.72 cm³/mol. The summed E-state index contributed by atoms with van der Waals surface area (Å²) in [6.45, 7) is 0. The Kier molecular flexibility index (Phi) is 108. The topological polar surface area (TPSA) is 112 Å². The summed E-state index contributed by atoms with van der Waals surface area (Å²) in [5.41, 5.74) is 0. The molecule has 3 N–H and O–H groups in total. The molecule has 0 heterocycles. The van der Waals surface area contributed by atoms with Gasteiger partial charge in [-0.15, -0.1) is 0 Å². The molecule has 0 fully saturated rings. The standard InChI is InChI=1S/3Co.Fe.3H2O.3O/h;;;;3*1H2;;;/q;;;+3;;;;;;/p-3. The van der Waals surface area contributed by atoms with E-state index in [1.165, 1.54) is 0 Å². The average Bonchev–Trinajstić information content (AvgIpc) is 1.70. The van der Waals surface area contributed by atoms with Gasteiger partial charge in [0.05, 0.1) is 0 Å². The monoisotopic (exact) mass is 332 g/mol. The van der Waals surface area contributed by atoms with E-state index < -0.39 is 44.9 Å². The molecule has 0 spiro atoms. The average molecular weight is 332 g/mol. The van der Waals surface area contributed by atoms with Gasteiger partial charge in [0.2, 0.25) is 0 Å². The van der Waals surface area contributed by atoms with E-state index in [4.69, 9.17) is 24.3 Å². The number of hydrogen-bond donors (Lipinski definition) is 3. The van der Waals surface area contributed by atoms with Crippen molar-refractivity contribution < 1.29 is 86.2 Å². The number of hydrogen-bond acceptors (Lipinski definition) is 3. The summed E-state index contributed by atoms with van der Waals surface area (Å²) in [5, 5.41) is 0. The molecule has 0 bridgehead atoms. The van der Waals surface area contributed by atoms with Crippen LogP contribution >= 0.6 is 0 Å². The third-order valence-corrected chi connectivity index (χ3v) is 0. The van der Waals surface area contributed by atoms with Gasteiger partial charge < -0.3 is 0 Å². The fourth-order valence-electron chi connectivity index (χ4n) is 0. The quantitative estimate of drug-likeness (QED) is 0.441. The molecule has 0 saturated heterocycles. The SMILES string of the molecule is [Fe+3].[O]=[Co-][OH].[O]=[Co-][OH].[O]=[Co-][OH]. The molecule has 0 aromatic heterocycles. The summed E-state index contributed by atoms with van der Waals surface area (Å²) in [4.78, 5) is 0. The van der Waals surface area contributed by atoms with Gasteiger partial charge in [-0.1, -0.05) is 0 Å². The normalized spacial score (nSPS) is 6.30. The molecule has 0 atom stereocenters. The molecule has 10 heavy (non-hydrogen) atoms. The van der Waals surface area contributed by atoms with E-state index in [2.05, 4.69) is 0 Å². The Balaban J connectivity index is -0.0000000257. The van der Waals surface area contributed by atoms with Gasteiger partial charge in [0.25, 0.3) is 0 Å². The minimum atomic E-state index is -0.812. The molecule has 1 radical (unpaired) electrons. The van der Waals surface area contributed by atoms with Crippen molar-refractivity contribution in [3.8, 4) is 0 Å². The minimum absolute atomic E-state index is 0. The van der Waals surface area contributed by atoms with Crippen LogP contribution in [0.5, 0.6) is 0 Å². The second-order valence-electron chi connectivity index (χ2n) is 0.183. The molecule has 0 unspecified atom stereocenters. The number of rotatable bonds is 0. The maximum atomic E-state index is 8.45. The Bertz CT molecular complexity index is 49.7. The van der Waals surface area contributed by atoms with Gasteiger partial charge in [0.1, 0.15) is 0 Å². The summed E-state index contributed by atoms with van der Waals surface area (Å²) in [5.74, 6) is 0. The van der Waals surface area contributed by atoms with Crippen molar-refractivity contribution in [1.82, 2.24) is 0 Å². The molecule has 74 valence electrons. The molecule has 0 rings (SSSR count). The Labute approximate surface area is 85.7 Å². The Hall–Kier alpha value is 1.32. The molecule has 10 heteroatoms. The Morgan fingerprint density at radius 1 is 0.700 bits per heavy atom. The first kappa shape index (κ1) is 22.5. The van der Waals surface area contributed by atoms with Crippen LogP contribution in [0.3, 0.4) is 0 Å². The van der Waals surface area contributed by atoms with Crippen LogP contribution in [0.1, 0.15) is 0 Å². The van der Waals surface area contributed by atoms with Crippen LogP contribution in [0, 0.1) is 0 Å². The van der Waals surface area contributed by atoms with Crippen LogP contribution in [0.25, 0.3) is 0 Å². The predicted octanol–water partition coefficient (Wildman–Crippen LogP) is -2.04. The molecular weight excluding hydrogens is 329 g/mol. The Morgan fingerprint density at radius 2 is 0.700 bits per heavy atom. The molecule has 0 saturated carbocycles. The van der Waals surface area contributed by atoms with Crippen LogP contribution in [-0.4, -0.2) is 12.7 Å². The van der Waals surface area contributed by atoms with Crippen LogP contribution in [0.15, 0.2) is 0 Å². The first-order chi connectivity index (χ1) is 4.24. The van der Waals surface area contributed by atoms with Crippen LogP contribution in [0.2, 0.25) is 0 Å². The van der Waals surface area contributed by atoms with Crippen LogP contribution in [0.4, 0.5) is 0 Å². The van der Waals surface area contributed by atoms with Crippen molar-refractivity contribution >= 4 is 0 Å².